The predicted octanol–water partition coefficient (Wildman–Crippen LogP) is 2.88. The number of anilines is 2. The van der Waals surface area contributed by atoms with Crippen LogP contribution in [0.1, 0.15) is 5.56 Å². The third kappa shape index (κ3) is 6.40. The topological polar surface area (TPSA) is 61.4 Å². The molecular weight excluding hydrogens is 353 g/mol. The molecule has 0 aromatic heterocycles. The second kappa shape index (κ2) is 9.82. The molecule has 7 heteroatoms. The zero-order valence-electron chi connectivity index (χ0n) is 14.8. The largest absolute Gasteiger partial charge is 0.378 e. The summed E-state index contributed by atoms with van der Waals surface area (Å²) in [6.07, 6.45) is 0. The molecule has 5 nitrogen and oxygen atoms in total. The van der Waals surface area contributed by atoms with E-state index in [1.165, 1.54) is 23.9 Å². The molecule has 2 amide bonds. The van der Waals surface area contributed by atoms with E-state index in [-0.39, 0.29) is 29.0 Å². The van der Waals surface area contributed by atoms with E-state index >= 15 is 0 Å². The van der Waals surface area contributed by atoms with Gasteiger partial charge in [-0.1, -0.05) is 24.3 Å². The molecule has 0 spiro atoms. The highest BCUT2D eigenvalue weighted by Crippen LogP contribution is 2.13. The molecule has 0 aliphatic rings. The van der Waals surface area contributed by atoms with Crippen molar-refractivity contribution in [1.29, 1.82) is 0 Å². The first kappa shape index (κ1) is 19.8. The van der Waals surface area contributed by atoms with Gasteiger partial charge in [-0.3, -0.25) is 9.59 Å². The van der Waals surface area contributed by atoms with E-state index in [2.05, 4.69) is 10.6 Å². The molecule has 0 saturated carbocycles. The monoisotopic (exact) mass is 375 g/mol. The summed E-state index contributed by atoms with van der Waals surface area (Å²) in [5, 5.41) is 5.30. The summed E-state index contributed by atoms with van der Waals surface area (Å²) >= 11 is 1.18. The Hall–Kier alpha value is -2.54. The summed E-state index contributed by atoms with van der Waals surface area (Å²) in [4.78, 5) is 25.6. The number of rotatable bonds is 8. The first-order chi connectivity index (χ1) is 12.5. The summed E-state index contributed by atoms with van der Waals surface area (Å²) in [6.45, 7) is 0.439. The van der Waals surface area contributed by atoms with Crippen LogP contribution in [0.15, 0.2) is 48.5 Å². The minimum absolute atomic E-state index is 0.0826. The molecule has 138 valence electrons. The summed E-state index contributed by atoms with van der Waals surface area (Å²) in [6, 6.07) is 13.9. The van der Waals surface area contributed by atoms with Crippen LogP contribution < -0.4 is 15.5 Å². The van der Waals surface area contributed by atoms with Crippen molar-refractivity contribution in [2.75, 3.05) is 35.8 Å². The molecule has 0 heterocycles. The van der Waals surface area contributed by atoms with Crippen molar-refractivity contribution < 1.29 is 14.0 Å². The Morgan fingerprint density at radius 3 is 2.31 bits per heavy atom. The lowest BCUT2D eigenvalue weighted by molar-refractivity contribution is -0.118. The standard InChI is InChI=1S/C19H22FN3O2S/c1-23(2)15-9-7-14(8-10-15)11-21-18(24)12-26-13-19(25)22-17-6-4-3-5-16(17)20/h3-10H,11-13H2,1-2H3,(H,21,24)(H,22,25). The molecule has 26 heavy (non-hydrogen) atoms. The number of carbonyl (C=O) groups is 2. The van der Waals surface area contributed by atoms with Gasteiger partial charge in [0, 0.05) is 26.3 Å². The van der Waals surface area contributed by atoms with Crippen molar-refractivity contribution in [3.63, 3.8) is 0 Å². The number of hydrogen-bond donors (Lipinski definition) is 2. The molecule has 0 unspecified atom stereocenters. The average Bonchev–Trinajstić information content (AvgIpc) is 2.62. The lowest BCUT2D eigenvalue weighted by Gasteiger charge is -2.13. The molecule has 2 rings (SSSR count). The van der Waals surface area contributed by atoms with Crippen molar-refractivity contribution >= 4 is 35.0 Å². The van der Waals surface area contributed by atoms with E-state index in [0.717, 1.165) is 11.3 Å². The van der Waals surface area contributed by atoms with E-state index in [1.54, 1.807) is 12.1 Å². The van der Waals surface area contributed by atoms with Crippen molar-refractivity contribution in [3.05, 3.63) is 59.9 Å². The number of benzene rings is 2. The Balaban J connectivity index is 1.67. The van der Waals surface area contributed by atoms with Crippen molar-refractivity contribution in [2.45, 2.75) is 6.54 Å². The smallest absolute Gasteiger partial charge is 0.234 e. The minimum Gasteiger partial charge on any atom is -0.378 e. The SMILES string of the molecule is CN(C)c1ccc(CNC(=O)CSCC(=O)Nc2ccccc2F)cc1. The van der Waals surface area contributed by atoms with Crippen LogP contribution in [0.25, 0.3) is 0 Å². The van der Waals surface area contributed by atoms with Gasteiger partial charge in [0.25, 0.3) is 0 Å². The summed E-state index contributed by atoms with van der Waals surface area (Å²) in [7, 11) is 3.94. The molecule has 0 radical (unpaired) electrons. The van der Waals surface area contributed by atoms with Gasteiger partial charge in [0.15, 0.2) is 0 Å². The lowest BCUT2D eigenvalue weighted by atomic mass is 10.2. The van der Waals surface area contributed by atoms with Gasteiger partial charge in [0.2, 0.25) is 11.8 Å². The third-order valence-corrected chi connectivity index (χ3v) is 4.49. The van der Waals surface area contributed by atoms with E-state index in [9.17, 15) is 14.0 Å². The van der Waals surface area contributed by atoms with Crippen LogP contribution in [0.3, 0.4) is 0 Å². The lowest BCUT2D eigenvalue weighted by Crippen LogP contribution is -2.25. The van der Waals surface area contributed by atoms with Crippen LogP contribution in [0.2, 0.25) is 0 Å². The molecule has 2 aromatic carbocycles. The zero-order valence-corrected chi connectivity index (χ0v) is 15.6. The van der Waals surface area contributed by atoms with Crippen molar-refractivity contribution in [2.24, 2.45) is 0 Å². The van der Waals surface area contributed by atoms with Gasteiger partial charge < -0.3 is 15.5 Å². The maximum absolute atomic E-state index is 13.4. The highest BCUT2D eigenvalue weighted by atomic mass is 32.2. The summed E-state index contributed by atoms with van der Waals surface area (Å²) in [5.74, 6) is -0.721. The highest BCUT2D eigenvalue weighted by Gasteiger charge is 2.08. The predicted molar refractivity (Wildman–Crippen MR) is 105 cm³/mol. The first-order valence-corrected chi connectivity index (χ1v) is 9.26. The number of para-hydroxylation sites is 1. The fourth-order valence-electron chi connectivity index (χ4n) is 2.15. The van der Waals surface area contributed by atoms with Gasteiger partial charge in [-0.2, -0.15) is 0 Å². The Labute approximate surface area is 157 Å². The van der Waals surface area contributed by atoms with Crippen LogP contribution in [0, 0.1) is 5.82 Å². The second-order valence-electron chi connectivity index (χ2n) is 5.86. The number of hydrogen-bond acceptors (Lipinski definition) is 4. The summed E-state index contributed by atoms with van der Waals surface area (Å²) < 4.78 is 13.4. The number of nitrogens with zero attached hydrogens (tertiary/aromatic N) is 1. The van der Waals surface area contributed by atoms with E-state index in [4.69, 9.17) is 0 Å². The molecular formula is C19H22FN3O2S. The van der Waals surface area contributed by atoms with Crippen LogP contribution in [0.4, 0.5) is 15.8 Å². The number of halogens is 1. The third-order valence-electron chi connectivity index (χ3n) is 3.56. The Bertz CT molecular complexity index is 751. The van der Waals surface area contributed by atoms with Crippen molar-refractivity contribution in [1.82, 2.24) is 5.32 Å². The Morgan fingerprint density at radius 2 is 1.65 bits per heavy atom. The highest BCUT2D eigenvalue weighted by molar-refractivity contribution is 8.00. The van der Waals surface area contributed by atoms with Gasteiger partial charge in [0.05, 0.1) is 17.2 Å². The van der Waals surface area contributed by atoms with Crippen LogP contribution in [0.5, 0.6) is 0 Å². The molecule has 0 aliphatic heterocycles. The van der Waals surface area contributed by atoms with Gasteiger partial charge in [-0.25, -0.2) is 4.39 Å². The fraction of sp³-hybridized carbons (Fsp3) is 0.263. The number of thioether (sulfide) groups is 1. The quantitative estimate of drug-likeness (QED) is 0.745. The molecule has 0 atom stereocenters. The number of nitrogens with one attached hydrogen (secondary N) is 2. The van der Waals surface area contributed by atoms with Crippen molar-refractivity contribution in [3.8, 4) is 0 Å². The minimum atomic E-state index is -0.483. The Kier molecular flexibility index (Phi) is 7.47. The van der Waals surface area contributed by atoms with Crippen LogP contribution in [-0.4, -0.2) is 37.4 Å². The maximum Gasteiger partial charge on any atom is 0.234 e. The molecule has 2 aromatic rings. The normalized spacial score (nSPS) is 10.3. The first-order valence-electron chi connectivity index (χ1n) is 8.11. The van der Waals surface area contributed by atoms with E-state index < -0.39 is 5.82 Å². The number of amides is 2. The fourth-order valence-corrected chi connectivity index (χ4v) is 2.80. The summed E-state index contributed by atoms with van der Waals surface area (Å²) in [5.41, 5.74) is 2.24. The van der Waals surface area contributed by atoms with E-state index in [0.29, 0.717) is 6.54 Å². The van der Waals surface area contributed by atoms with Gasteiger partial charge in [0.1, 0.15) is 5.82 Å². The van der Waals surface area contributed by atoms with Gasteiger partial charge >= 0.3 is 0 Å². The van der Waals surface area contributed by atoms with Crippen LogP contribution in [-0.2, 0) is 16.1 Å². The zero-order chi connectivity index (χ0) is 18.9. The van der Waals surface area contributed by atoms with Gasteiger partial charge in [-0.05, 0) is 29.8 Å². The molecule has 0 saturated heterocycles. The van der Waals surface area contributed by atoms with Gasteiger partial charge in [-0.15, -0.1) is 11.8 Å². The maximum atomic E-state index is 13.4. The van der Waals surface area contributed by atoms with Crippen LogP contribution >= 0.6 is 11.8 Å². The molecule has 0 aliphatic carbocycles. The molecule has 2 N–H and O–H groups in total. The second-order valence-corrected chi connectivity index (χ2v) is 6.84. The molecule has 0 fully saturated rings. The average molecular weight is 375 g/mol. The van der Waals surface area contributed by atoms with E-state index in [1.807, 2.05) is 43.3 Å². The molecule has 0 bridgehead atoms. The Morgan fingerprint density at radius 1 is 1.00 bits per heavy atom. The number of carbonyl (C=O) groups excluding carboxylic acids is 2.